The fourth-order valence-corrected chi connectivity index (χ4v) is 2.51. The van der Waals surface area contributed by atoms with E-state index in [0.29, 0.717) is 0 Å². The molecule has 0 N–H and O–H groups in total. The second-order valence-corrected chi connectivity index (χ2v) is 6.71. The summed E-state index contributed by atoms with van der Waals surface area (Å²) in [6.07, 6.45) is 6.80. The van der Waals surface area contributed by atoms with Crippen LogP contribution in [0.1, 0.15) is 52.0 Å². The van der Waals surface area contributed by atoms with Crippen molar-refractivity contribution in [1.29, 1.82) is 0 Å². The lowest BCUT2D eigenvalue weighted by Gasteiger charge is -2.35. The van der Waals surface area contributed by atoms with Crippen LogP contribution in [0.4, 0.5) is 0 Å². The summed E-state index contributed by atoms with van der Waals surface area (Å²) >= 11 is 0. The van der Waals surface area contributed by atoms with Gasteiger partial charge in [-0.15, -0.1) is 0 Å². The second-order valence-electron chi connectivity index (χ2n) is 6.71. The van der Waals surface area contributed by atoms with E-state index in [1.807, 2.05) is 6.07 Å². The van der Waals surface area contributed by atoms with Crippen molar-refractivity contribution in [3.63, 3.8) is 0 Å². The Balaban J connectivity index is 2.07. The van der Waals surface area contributed by atoms with Gasteiger partial charge in [-0.3, -0.25) is 0 Å². The highest BCUT2D eigenvalue weighted by molar-refractivity contribution is 5.53. The standard InChI is InChI=1S/C19H28O2/c1-4-5-7-12-17(13-16-10-8-6-9-11-16)18-20-14-19(2,3)15-21-18/h6,8-11,13,18H,4-5,7,12,14-15H2,1-3H3/b17-13-. The maximum absolute atomic E-state index is 5.97. The average Bonchev–Trinajstić information content (AvgIpc) is 2.48. The molecule has 0 radical (unpaired) electrons. The zero-order chi connectivity index (χ0) is 15.1. The minimum Gasteiger partial charge on any atom is -0.348 e. The Bertz CT molecular complexity index is 438. The number of ether oxygens (including phenoxy) is 2. The van der Waals surface area contributed by atoms with Crippen LogP contribution in [-0.4, -0.2) is 19.5 Å². The van der Waals surface area contributed by atoms with Crippen molar-refractivity contribution in [3.8, 4) is 0 Å². The highest BCUT2D eigenvalue weighted by Gasteiger charge is 2.29. The van der Waals surface area contributed by atoms with Crippen LogP contribution in [0.15, 0.2) is 35.9 Å². The topological polar surface area (TPSA) is 18.5 Å². The van der Waals surface area contributed by atoms with Gasteiger partial charge in [0.05, 0.1) is 13.2 Å². The number of unbranched alkanes of at least 4 members (excludes halogenated alkanes) is 2. The van der Waals surface area contributed by atoms with E-state index in [1.54, 1.807) is 0 Å². The molecule has 0 saturated carbocycles. The zero-order valence-electron chi connectivity index (χ0n) is 13.6. The van der Waals surface area contributed by atoms with E-state index in [9.17, 15) is 0 Å². The Morgan fingerprint density at radius 2 is 1.81 bits per heavy atom. The fourth-order valence-electron chi connectivity index (χ4n) is 2.51. The van der Waals surface area contributed by atoms with Gasteiger partial charge in [0.2, 0.25) is 0 Å². The van der Waals surface area contributed by atoms with Crippen LogP contribution in [0, 0.1) is 5.41 Å². The van der Waals surface area contributed by atoms with Crippen molar-refractivity contribution in [1.82, 2.24) is 0 Å². The van der Waals surface area contributed by atoms with E-state index < -0.39 is 0 Å². The molecule has 0 atom stereocenters. The minimum atomic E-state index is -0.171. The van der Waals surface area contributed by atoms with Gasteiger partial charge in [-0.25, -0.2) is 0 Å². The Morgan fingerprint density at radius 3 is 2.43 bits per heavy atom. The van der Waals surface area contributed by atoms with E-state index in [2.05, 4.69) is 51.1 Å². The van der Waals surface area contributed by atoms with Crippen LogP contribution in [0.2, 0.25) is 0 Å². The Morgan fingerprint density at radius 1 is 1.14 bits per heavy atom. The lowest BCUT2D eigenvalue weighted by molar-refractivity contribution is -0.203. The van der Waals surface area contributed by atoms with Crippen molar-refractivity contribution in [3.05, 3.63) is 41.5 Å². The quantitative estimate of drug-likeness (QED) is 0.682. The molecular weight excluding hydrogens is 260 g/mol. The van der Waals surface area contributed by atoms with Crippen LogP contribution in [0.3, 0.4) is 0 Å². The smallest absolute Gasteiger partial charge is 0.180 e. The molecule has 0 unspecified atom stereocenters. The second kappa shape index (κ2) is 7.77. The molecular formula is C19H28O2. The van der Waals surface area contributed by atoms with E-state index >= 15 is 0 Å². The van der Waals surface area contributed by atoms with Crippen LogP contribution in [0.25, 0.3) is 6.08 Å². The SMILES string of the molecule is CCCCC/C(=C/c1ccccc1)C1OCC(C)(C)CO1. The third-order valence-electron chi connectivity index (χ3n) is 3.77. The molecule has 0 spiro atoms. The highest BCUT2D eigenvalue weighted by Crippen LogP contribution is 2.29. The summed E-state index contributed by atoms with van der Waals surface area (Å²) in [6, 6.07) is 10.5. The Hall–Kier alpha value is -1.12. The number of hydrogen-bond acceptors (Lipinski definition) is 2. The van der Waals surface area contributed by atoms with E-state index in [4.69, 9.17) is 9.47 Å². The molecule has 1 fully saturated rings. The summed E-state index contributed by atoms with van der Waals surface area (Å²) in [5.74, 6) is 0. The summed E-state index contributed by atoms with van der Waals surface area (Å²) in [4.78, 5) is 0. The van der Waals surface area contributed by atoms with Gasteiger partial charge >= 0.3 is 0 Å². The molecule has 2 rings (SSSR count). The van der Waals surface area contributed by atoms with Crippen molar-refractivity contribution < 1.29 is 9.47 Å². The average molecular weight is 288 g/mol. The maximum atomic E-state index is 5.97. The van der Waals surface area contributed by atoms with Gasteiger partial charge in [-0.2, -0.15) is 0 Å². The predicted octanol–water partition coefficient (Wildman–Crippen LogP) is 5.05. The van der Waals surface area contributed by atoms with E-state index in [-0.39, 0.29) is 11.7 Å². The molecule has 21 heavy (non-hydrogen) atoms. The number of rotatable bonds is 6. The Kier molecular flexibility index (Phi) is 6.01. The third kappa shape index (κ3) is 5.29. The largest absolute Gasteiger partial charge is 0.348 e. The molecule has 116 valence electrons. The lowest BCUT2D eigenvalue weighted by Crippen LogP contribution is -2.38. The van der Waals surface area contributed by atoms with Crippen molar-refractivity contribution in [2.75, 3.05) is 13.2 Å². The Labute approximate surface area is 129 Å². The first kappa shape index (κ1) is 16.3. The fraction of sp³-hybridized carbons (Fsp3) is 0.579. The first-order valence-corrected chi connectivity index (χ1v) is 8.09. The first-order chi connectivity index (χ1) is 10.1. The van der Waals surface area contributed by atoms with Gasteiger partial charge in [0.15, 0.2) is 6.29 Å². The zero-order valence-corrected chi connectivity index (χ0v) is 13.6. The molecule has 0 amide bonds. The summed E-state index contributed by atoms with van der Waals surface area (Å²) in [5.41, 5.74) is 2.61. The van der Waals surface area contributed by atoms with Crippen molar-refractivity contribution >= 4 is 6.08 Å². The summed E-state index contributed by atoms with van der Waals surface area (Å²) in [7, 11) is 0. The molecule has 0 aliphatic carbocycles. The highest BCUT2D eigenvalue weighted by atomic mass is 16.7. The summed E-state index contributed by atoms with van der Waals surface area (Å²) in [5, 5.41) is 0. The van der Waals surface area contributed by atoms with Crippen LogP contribution in [-0.2, 0) is 9.47 Å². The summed E-state index contributed by atoms with van der Waals surface area (Å²) in [6.45, 7) is 8.12. The molecule has 1 heterocycles. The number of hydrogen-bond donors (Lipinski definition) is 0. The molecule has 1 aliphatic rings. The lowest BCUT2D eigenvalue weighted by atomic mass is 9.95. The van der Waals surface area contributed by atoms with Gasteiger partial charge in [0.1, 0.15) is 0 Å². The van der Waals surface area contributed by atoms with Crippen molar-refractivity contribution in [2.45, 2.75) is 52.7 Å². The van der Waals surface area contributed by atoms with Gasteiger partial charge in [0, 0.05) is 5.41 Å². The normalized spacial score (nSPS) is 19.7. The number of benzene rings is 1. The van der Waals surface area contributed by atoms with E-state index in [0.717, 1.165) is 19.6 Å². The van der Waals surface area contributed by atoms with Crippen molar-refractivity contribution in [2.24, 2.45) is 5.41 Å². The van der Waals surface area contributed by atoms with E-state index in [1.165, 1.54) is 30.4 Å². The minimum absolute atomic E-state index is 0.123. The molecule has 2 heteroatoms. The van der Waals surface area contributed by atoms with Crippen LogP contribution in [0.5, 0.6) is 0 Å². The molecule has 0 bridgehead atoms. The monoisotopic (exact) mass is 288 g/mol. The molecule has 1 aromatic rings. The third-order valence-corrected chi connectivity index (χ3v) is 3.77. The molecule has 2 nitrogen and oxygen atoms in total. The van der Waals surface area contributed by atoms with Crippen LogP contribution >= 0.6 is 0 Å². The molecule has 1 saturated heterocycles. The molecule has 0 aromatic heterocycles. The molecule has 1 aromatic carbocycles. The van der Waals surface area contributed by atoms with Gasteiger partial charge < -0.3 is 9.47 Å². The van der Waals surface area contributed by atoms with Crippen LogP contribution < -0.4 is 0 Å². The predicted molar refractivity (Wildman–Crippen MR) is 88.0 cm³/mol. The van der Waals surface area contributed by atoms with Gasteiger partial charge in [0.25, 0.3) is 0 Å². The summed E-state index contributed by atoms with van der Waals surface area (Å²) < 4.78 is 11.9. The first-order valence-electron chi connectivity index (χ1n) is 8.09. The van der Waals surface area contributed by atoms with Gasteiger partial charge in [-0.05, 0) is 24.0 Å². The maximum Gasteiger partial charge on any atom is 0.180 e. The van der Waals surface area contributed by atoms with Gasteiger partial charge in [-0.1, -0.05) is 70.0 Å². The molecule has 1 aliphatic heterocycles.